The van der Waals surface area contributed by atoms with Crippen LogP contribution in [-0.4, -0.2) is 96.7 Å². The fourth-order valence-electron chi connectivity index (χ4n) is 10.3. The molecule has 17 nitrogen and oxygen atoms in total. The molecule has 0 radical (unpaired) electrons. The maximum absolute atomic E-state index is 13.1. The first-order chi connectivity index (χ1) is 49.7. The number of aliphatic hydroxyl groups is 1. The number of phosphoric ester groups is 2. The van der Waals surface area contributed by atoms with E-state index in [4.69, 9.17) is 37.0 Å². The molecule has 0 saturated heterocycles. The molecule has 0 aliphatic rings. The van der Waals surface area contributed by atoms with Crippen molar-refractivity contribution >= 4 is 39.5 Å². The first-order valence-electron chi connectivity index (χ1n) is 39.8. The zero-order chi connectivity index (χ0) is 74.6. The number of aliphatic hydroxyl groups excluding tert-OH is 1. The van der Waals surface area contributed by atoms with Gasteiger partial charge in [-0.1, -0.05) is 265 Å². The normalized spacial score (nSPS) is 14.5. The van der Waals surface area contributed by atoms with Crippen LogP contribution in [0.25, 0.3) is 0 Å². The molecule has 0 aromatic carbocycles. The summed E-state index contributed by atoms with van der Waals surface area (Å²) >= 11 is 0. The number of carbonyl (C=O) groups excluding carboxylic acids is 4. The van der Waals surface area contributed by atoms with Crippen molar-refractivity contribution in [3.8, 4) is 0 Å². The molecule has 3 N–H and O–H groups in total. The Bertz CT molecular complexity index is 2410. The molecule has 19 heteroatoms. The van der Waals surface area contributed by atoms with Crippen LogP contribution >= 0.6 is 15.6 Å². The summed E-state index contributed by atoms with van der Waals surface area (Å²) in [6.45, 7) is 4.67. The minimum Gasteiger partial charge on any atom is -0.462 e. The van der Waals surface area contributed by atoms with E-state index in [0.717, 1.165) is 154 Å². The summed E-state index contributed by atoms with van der Waals surface area (Å²) in [6.07, 6.45) is 81.8. The van der Waals surface area contributed by atoms with Gasteiger partial charge in [0.2, 0.25) is 0 Å². The summed E-state index contributed by atoms with van der Waals surface area (Å²) in [5.74, 6) is -2.28. The smallest absolute Gasteiger partial charge is 0.462 e. The van der Waals surface area contributed by atoms with Crippen LogP contribution in [0.1, 0.15) is 323 Å². The van der Waals surface area contributed by atoms with E-state index in [0.29, 0.717) is 32.1 Å². The van der Waals surface area contributed by atoms with Gasteiger partial charge in [0.05, 0.1) is 26.4 Å². The Kier molecular flexibility index (Phi) is 71.4. The minimum atomic E-state index is -5.00. The molecule has 0 rings (SSSR count). The van der Waals surface area contributed by atoms with E-state index in [-0.39, 0.29) is 25.7 Å². The summed E-state index contributed by atoms with van der Waals surface area (Å²) in [7, 11) is -9.99. The third-order valence-electron chi connectivity index (χ3n) is 16.4. The van der Waals surface area contributed by atoms with Crippen molar-refractivity contribution in [2.24, 2.45) is 0 Å². The van der Waals surface area contributed by atoms with Gasteiger partial charge in [-0.2, -0.15) is 0 Å². The Labute approximate surface area is 619 Å². The molecule has 0 spiro atoms. The second kappa shape index (κ2) is 74.7. The summed E-state index contributed by atoms with van der Waals surface area (Å²) in [5, 5.41) is 10.6. The van der Waals surface area contributed by atoms with Crippen LogP contribution in [-0.2, 0) is 65.4 Å². The molecule has 0 heterocycles. The third kappa shape index (κ3) is 73.8. The number of hydrogen-bond acceptors (Lipinski definition) is 15. The lowest BCUT2D eigenvalue weighted by Gasteiger charge is -2.21. The van der Waals surface area contributed by atoms with Crippen molar-refractivity contribution in [1.82, 2.24) is 0 Å². The van der Waals surface area contributed by atoms with Crippen molar-refractivity contribution < 1.29 is 80.2 Å². The molecular weight excluding hydrogens is 1330 g/mol. The minimum absolute atomic E-state index is 0.0136. The van der Waals surface area contributed by atoms with Crippen molar-refractivity contribution in [3.05, 3.63) is 122 Å². The second-order valence-corrected chi connectivity index (χ2v) is 29.2. The van der Waals surface area contributed by atoms with E-state index in [1.807, 2.05) is 12.2 Å². The third-order valence-corrected chi connectivity index (χ3v) is 18.3. The van der Waals surface area contributed by atoms with Crippen LogP contribution in [0.15, 0.2) is 122 Å². The molecule has 5 atom stereocenters. The van der Waals surface area contributed by atoms with Gasteiger partial charge < -0.3 is 33.8 Å². The highest BCUT2D eigenvalue weighted by Crippen LogP contribution is 2.45. The van der Waals surface area contributed by atoms with Gasteiger partial charge in [-0.25, -0.2) is 9.13 Å². The summed E-state index contributed by atoms with van der Waals surface area (Å²) in [5.41, 5.74) is 0. The molecule has 0 aliphatic carbocycles. The lowest BCUT2D eigenvalue weighted by molar-refractivity contribution is -0.161. The molecule has 0 bridgehead atoms. The van der Waals surface area contributed by atoms with Crippen molar-refractivity contribution in [2.45, 2.75) is 341 Å². The monoisotopic (exact) mass is 1470 g/mol. The van der Waals surface area contributed by atoms with Crippen LogP contribution in [0.5, 0.6) is 0 Å². The fourth-order valence-corrected chi connectivity index (χ4v) is 11.8. The molecule has 0 amide bonds. The Morgan fingerprint density at radius 3 is 0.853 bits per heavy atom. The molecule has 2 unspecified atom stereocenters. The number of hydrogen-bond donors (Lipinski definition) is 3. The molecule has 0 aromatic heterocycles. The predicted octanol–water partition coefficient (Wildman–Crippen LogP) is 23.1. The average molecular weight is 1470 g/mol. The van der Waals surface area contributed by atoms with E-state index in [1.54, 1.807) is 0 Å². The van der Waals surface area contributed by atoms with Gasteiger partial charge in [0, 0.05) is 25.7 Å². The number of ether oxygens (including phenoxy) is 4. The first kappa shape index (κ1) is 97.5. The van der Waals surface area contributed by atoms with Crippen molar-refractivity contribution in [1.29, 1.82) is 0 Å². The van der Waals surface area contributed by atoms with E-state index in [9.17, 15) is 43.2 Å². The lowest BCUT2D eigenvalue weighted by atomic mass is 10.1. The van der Waals surface area contributed by atoms with Gasteiger partial charge in [-0.3, -0.25) is 37.3 Å². The van der Waals surface area contributed by atoms with Gasteiger partial charge in [0.25, 0.3) is 0 Å². The summed E-state index contributed by atoms with van der Waals surface area (Å²) in [6, 6.07) is 0. The highest BCUT2D eigenvalue weighted by Gasteiger charge is 2.30. The van der Waals surface area contributed by atoms with Crippen LogP contribution in [0.3, 0.4) is 0 Å². The number of esters is 4. The quantitative estimate of drug-likeness (QED) is 0.0128. The largest absolute Gasteiger partial charge is 0.472 e. The van der Waals surface area contributed by atoms with Gasteiger partial charge >= 0.3 is 39.5 Å². The molecule has 586 valence electrons. The Morgan fingerprint density at radius 1 is 0.284 bits per heavy atom. The number of allylic oxidation sites excluding steroid dienone is 20. The SMILES string of the molecule is CCCCC/C=C\C/C=C\C/C=C\C/C=C\CCCC(=O)O[C@H](COC(=O)CCCCCCC/C=C\C/C=C\CCCCC)COP(=O)(O)OC[C@H](O)COP(=O)(O)OC[C@@H](COC(=O)CCCCCCC/C=C\C=C/CCCCCC)OC(=O)CCCCCCC/C=C\C/C=C\CCCCC. The Morgan fingerprint density at radius 2 is 0.520 bits per heavy atom. The van der Waals surface area contributed by atoms with E-state index >= 15 is 0 Å². The zero-order valence-corrected chi connectivity index (χ0v) is 65.8. The fraction of sp³-hybridized carbons (Fsp3) is 0.711. The second-order valence-electron chi connectivity index (χ2n) is 26.3. The molecule has 0 aliphatic heterocycles. The lowest BCUT2D eigenvalue weighted by Crippen LogP contribution is -2.30. The first-order valence-corrected chi connectivity index (χ1v) is 42.8. The van der Waals surface area contributed by atoms with Crippen LogP contribution in [0, 0.1) is 0 Å². The van der Waals surface area contributed by atoms with E-state index < -0.39 is 97.5 Å². The molecular formula is C83H142O17P2. The van der Waals surface area contributed by atoms with Gasteiger partial charge in [0.1, 0.15) is 19.3 Å². The van der Waals surface area contributed by atoms with Gasteiger partial charge in [-0.15, -0.1) is 0 Å². The Balaban J connectivity index is 5.45. The highest BCUT2D eigenvalue weighted by molar-refractivity contribution is 7.47. The maximum atomic E-state index is 13.1. The predicted molar refractivity (Wildman–Crippen MR) is 418 cm³/mol. The topological polar surface area (TPSA) is 237 Å². The molecule has 0 aromatic rings. The van der Waals surface area contributed by atoms with Gasteiger partial charge in [0.15, 0.2) is 12.2 Å². The van der Waals surface area contributed by atoms with Crippen LogP contribution in [0.2, 0.25) is 0 Å². The number of rotatable bonds is 74. The molecule has 102 heavy (non-hydrogen) atoms. The summed E-state index contributed by atoms with van der Waals surface area (Å²) in [4.78, 5) is 73.0. The number of carbonyl (C=O) groups is 4. The van der Waals surface area contributed by atoms with E-state index in [2.05, 4.69) is 137 Å². The van der Waals surface area contributed by atoms with Crippen LogP contribution < -0.4 is 0 Å². The highest BCUT2D eigenvalue weighted by atomic mass is 31.2. The zero-order valence-electron chi connectivity index (χ0n) is 64.0. The molecule has 0 saturated carbocycles. The van der Waals surface area contributed by atoms with Crippen molar-refractivity contribution in [2.75, 3.05) is 39.6 Å². The summed E-state index contributed by atoms with van der Waals surface area (Å²) < 4.78 is 68.5. The standard InChI is InChI=1S/C83H142O17P2/c1-5-9-13-17-21-25-29-33-37-38-42-46-50-54-58-62-66-70-83(88)100-79(74-94-81(86)68-64-60-56-52-48-44-40-35-31-27-23-19-15-11-7-3)76-98-102(91,92)96-72-77(84)71-95-101(89,90)97-75-78(99-82(87)69-65-61-57-53-49-45-41-36-32-28-24-20-16-12-8-4)73-93-80(85)67-63-59-55-51-47-43-39-34-30-26-22-18-14-10-6-2/h21,23-28,30,33-37,39-42,46,54,58,77-79,84H,5-20,22,29,31-32,38,43-45,47-53,55-57,59-76H2,1-4H3,(H,89,90)(H,91,92)/b25-21-,27-23-,28-24-,30-26-,37-33-,39-34-,40-35-,41-36-,46-42-,58-54-/t77-,78-,79-/m1/s1. The van der Waals surface area contributed by atoms with Gasteiger partial charge in [-0.05, 0) is 154 Å². The number of phosphoric acid groups is 2. The maximum Gasteiger partial charge on any atom is 0.472 e. The Hall–Kier alpha value is -4.54. The van der Waals surface area contributed by atoms with E-state index in [1.165, 1.54) is 83.5 Å². The average Bonchev–Trinajstić information content (AvgIpc) is 0.917. The van der Waals surface area contributed by atoms with Crippen molar-refractivity contribution in [3.63, 3.8) is 0 Å². The number of unbranched alkanes of at least 4 members (excludes halogenated alkanes) is 29. The molecule has 0 fully saturated rings. The van der Waals surface area contributed by atoms with Crippen LogP contribution in [0.4, 0.5) is 0 Å².